The second kappa shape index (κ2) is 5.37. The predicted octanol–water partition coefficient (Wildman–Crippen LogP) is 3.03. The fourth-order valence-electron chi connectivity index (χ4n) is 3.17. The summed E-state index contributed by atoms with van der Waals surface area (Å²) < 4.78 is 1.68. The molecule has 0 aliphatic heterocycles. The van der Waals surface area contributed by atoms with Crippen LogP contribution in [0.2, 0.25) is 0 Å². The first-order valence-corrected chi connectivity index (χ1v) is 7.77. The average molecular weight is 291 g/mol. The molecule has 1 aliphatic carbocycles. The number of hydrogen-bond donors (Lipinski definition) is 0. The molecule has 0 fully saturated rings. The molecule has 0 saturated heterocycles. The topological polar surface area (TPSA) is 47.3 Å². The lowest BCUT2D eigenvalue weighted by Crippen LogP contribution is -2.22. The molecule has 3 heterocycles. The highest BCUT2D eigenvalue weighted by molar-refractivity contribution is 5.66. The van der Waals surface area contributed by atoms with Crippen LogP contribution >= 0.6 is 0 Å². The van der Waals surface area contributed by atoms with Crippen LogP contribution in [0.25, 0.3) is 16.8 Å². The van der Waals surface area contributed by atoms with E-state index in [0.29, 0.717) is 0 Å². The molecule has 0 spiro atoms. The van der Waals surface area contributed by atoms with Gasteiger partial charge in [-0.05, 0) is 61.1 Å². The molecule has 0 atom stereocenters. The van der Waals surface area contributed by atoms with Crippen LogP contribution in [0.1, 0.15) is 30.5 Å². The third-order valence-electron chi connectivity index (χ3n) is 4.36. The first-order valence-electron chi connectivity index (χ1n) is 7.77. The van der Waals surface area contributed by atoms with Gasteiger partial charge in [-0.1, -0.05) is 6.42 Å². The molecular weight excluding hydrogens is 274 g/mol. The molecule has 4 nitrogen and oxygen atoms in total. The summed E-state index contributed by atoms with van der Waals surface area (Å²) in [7, 11) is 0. The lowest BCUT2D eigenvalue weighted by atomic mass is 10.1. The van der Waals surface area contributed by atoms with Crippen LogP contribution in [0.15, 0.2) is 47.7 Å². The van der Waals surface area contributed by atoms with Crippen LogP contribution in [0.5, 0.6) is 0 Å². The maximum absolute atomic E-state index is 12.7. The van der Waals surface area contributed by atoms with Crippen molar-refractivity contribution in [2.75, 3.05) is 0 Å². The summed E-state index contributed by atoms with van der Waals surface area (Å²) in [5.41, 5.74) is 4.88. The van der Waals surface area contributed by atoms with Crippen LogP contribution < -0.4 is 5.56 Å². The molecule has 0 bridgehead atoms. The second-order valence-electron chi connectivity index (χ2n) is 5.78. The summed E-state index contributed by atoms with van der Waals surface area (Å²) >= 11 is 0. The first kappa shape index (κ1) is 13.2. The molecule has 0 unspecified atom stereocenters. The van der Waals surface area contributed by atoms with Crippen molar-refractivity contribution in [1.82, 2.24) is 14.4 Å². The fraction of sp³-hybridized carbons (Fsp3) is 0.278. The molecule has 0 amide bonds. The van der Waals surface area contributed by atoms with E-state index in [9.17, 15) is 4.79 Å². The van der Waals surface area contributed by atoms with Gasteiger partial charge in [0.1, 0.15) is 5.65 Å². The van der Waals surface area contributed by atoms with Crippen LogP contribution in [0.3, 0.4) is 0 Å². The number of nitrogens with zero attached hydrogens (tertiary/aromatic N) is 3. The molecule has 4 rings (SSSR count). The molecular formula is C18H17N3O. The molecule has 1 aliphatic rings. The van der Waals surface area contributed by atoms with Crippen LogP contribution in [0.4, 0.5) is 0 Å². The van der Waals surface area contributed by atoms with Crippen LogP contribution in [0, 0.1) is 0 Å². The predicted molar refractivity (Wildman–Crippen MR) is 86.0 cm³/mol. The Bertz CT molecular complexity index is 884. The van der Waals surface area contributed by atoms with Gasteiger partial charge in [-0.15, -0.1) is 0 Å². The SMILES string of the molecule is O=c1c2c(nc3cc(-c4ccncc4)ccn13)CCCCC2. The normalized spacial score (nSPS) is 14.5. The number of aromatic nitrogens is 3. The van der Waals surface area contributed by atoms with Gasteiger partial charge >= 0.3 is 0 Å². The smallest absolute Gasteiger partial charge is 0.261 e. The van der Waals surface area contributed by atoms with E-state index in [4.69, 9.17) is 4.98 Å². The summed E-state index contributed by atoms with van der Waals surface area (Å²) in [4.78, 5) is 21.5. The summed E-state index contributed by atoms with van der Waals surface area (Å²) in [6.45, 7) is 0. The standard InChI is InChI=1S/C18H17N3O/c22-18-15-4-2-1-3-5-16(15)20-17-12-14(8-11-21(17)18)13-6-9-19-10-7-13/h6-12H,1-5H2. The molecule has 22 heavy (non-hydrogen) atoms. The minimum atomic E-state index is 0.100. The highest BCUT2D eigenvalue weighted by Crippen LogP contribution is 2.21. The van der Waals surface area contributed by atoms with Gasteiger partial charge in [0.2, 0.25) is 0 Å². The van der Waals surface area contributed by atoms with Gasteiger partial charge in [0.15, 0.2) is 0 Å². The van der Waals surface area contributed by atoms with Crippen molar-refractivity contribution in [3.63, 3.8) is 0 Å². The molecule has 0 saturated carbocycles. The van der Waals surface area contributed by atoms with Gasteiger partial charge in [0.05, 0.1) is 5.69 Å². The van der Waals surface area contributed by atoms with Gasteiger partial charge < -0.3 is 0 Å². The van der Waals surface area contributed by atoms with Gasteiger partial charge in [-0.3, -0.25) is 14.2 Å². The molecule has 4 heteroatoms. The Kier molecular flexibility index (Phi) is 3.22. The van der Waals surface area contributed by atoms with Crippen molar-refractivity contribution in [3.05, 3.63) is 64.5 Å². The van der Waals surface area contributed by atoms with Crippen molar-refractivity contribution in [3.8, 4) is 11.1 Å². The zero-order valence-electron chi connectivity index (χ0n) is 12.3. The van der Waals surface area contributed by atoms with E-state index >= 15 is 0 Å². The van der Waals surface area contributed by atoms with Crippen molar-refractivity contribution < 1.29 is 0 Å². The Labute approximate surface area is 128 Å². The lowest BCUT2D eigenvalue weighted by molar-refractivity contribution is 0.708. The van der Waals surface area contributed by atoms with E-state index in [1.807, 2.05) is 30.5 Å². The van der Waals surface area contributed by atoms with Crippen molar-refractivity contribution in [2.24, 2.45) is 0 Å². The average Bonchev–Trinajstić information content (AvgIpc) is 2.81. The number of pyridine rings is 2. The van der Waals surface area contributed by atoms with Crippen molar-refractivity contribution in [2.45, 2.75) is 32.1 Å². The number of fused-ring (bicyclic) bond motifs is 2. The third-order valence-corrected chi connectivity index (χ3v) is 4.36. The Morgan fingerprint density at radius 1 is 0.955 bits per heavy atom. The summed E-state index contributed by atoms with van der Waals surface area (Å²) in [5, 5.41) is 0. The Morgan fingerprint density at radius 2 is 1.77 bits per heavy atom. The fourth-order valence-corrected chi connectivity index (χ4v) is 3.17. The minimum Gasteiger partial charge on any atom is -0.269 e. The first-order chi connectivity index (χ1) is 10.8. The van der Waals surface area contributed by atoms with E-state index in [1.54, 1.807) is 16.8 Å². The van der Waals surface area contributed by atoms with Crippen molar-refractivity contribution in [1.29, 1.82) is 0 Å². The van der Waals surface area contributed by atoms with E-state index in [1.165, 1.54) is 6.42 Å². The molecule has 0 radical (unpaired) electrons. The van der Waals surface area contributed by atoms with Gasteiger partial charge in [0, 0.05) is 24.2 Å². The maximum atomic E-state index is 12.7. The quantitative estimate of drug-likeness (QED) is 0.647. The number of hydrogen-bond acceptors (Lipinski definition) is 3. The highest BCUT2D eigenvalue weighted by atomic mass is 16.1. The zero-order chi connectivity index (χ0) is 14.9. The molecule has 3 aromatic heterocycles. The number of rotatable bonds is 1. The van der Waals surface area contributed by atoms with E-state index in [0.717, 1.165) is 53.7 Å². The largest absolute Gasteiger partial charge is 0.269 e. The summed E-state index contributed by atoms with van der Waals surface area (Å²) in [6.07, 6.45) is 10.6. The third kappa shape index (κ3) is 2.21. The van der Waals surface area contributed by atoms with Gasteiger partial charge in [-0.2, -0.15) is 0 Å². The Morgan fingerprint density at radius 3 is 2.64 bits per heavy atom. The molecule has 0 aromatic carbocycles. The van der Waals surface area contributed by atoms with Crippen LogP contribution in [-0.2, 0) is 12.8 Å². The van der Waals surface area contributed by atoms with E-state index in [2.05, 4.69) is 4.98 Å². The summed E-state index contributed by atoms with van der Waals surface area (Å²) in [5.74, 6) is 0. The van der Waals surface area contributed by atoms with Crippen molar-refractivity contribution >= 4 is 5.65 Å². The monoisotopic (exact) mass is 291 g/mol. The molecule has 0 N–H and O–H groups in total. The molecule has 3 aromatic rings. The molecule has 110 valence electrons. The van der Waals surface area contributed by atoms with E-state index in [-0.39, 0.29) is 5.56 Å². The zero-order valence-corrected chi connectivity index (χ0v) is 12.3. The Hall–Kier alpha value is -2.49. The number of aryl methyl sites for hydroxylation is 1. The Balaban J connectivity index is 1.92. The maximum Gasteiger partial charge on any atom is 0.261 e. The van der Waals surface area contributed by atoms with Gasteiger partial charge in [0.25, 0.3) is 5.56 Å². The summed E-state index contributed by atoms with van der Waals surface area (Å²) in [6, 6.07) is 7.89. The van der Waals surface area contributed by atoms with E-state index < -0.39 is 0 Å². The van der Waals surface area contributed by atoms with Gasteiger partial charge in [-0.25, -0.2) is 4.98 Å². The van der Waals surface area contributed by atoms with Crippen LogP contribution in [-0.4, -0.2) is 14.4 Å². The minimum absolute atomic E-state index is 0.100. The second-order valence-corrected chi connectivity index (χ2v) is 5.78. The highest BCUT2D eigenvalue weighted by Gasteiger charge is 2.15. The lowest BCUT2D eigenvalue weighted by Gasteiger charge is -2.09.